The van der Waals surface area contributed by atoms with E-state index in [1.165, 1.54) is 18.4 Å². The van der Waals surface area contributed by atoms with Crippen LogP contribution >= 0.6 is 0 Å². The predicted molar refractivity (Wildman–Crippen MR) is 160 cm³/mol. The van der Waals surface area contributed by atoms with Crippen molar-refractivity contribution in [2.75, 3.05) is 31.1 Å². The van der Waals surface area contributed by atoms with Crippen molar-refractivity contribution in [3.05, 3.63) is 81.0 Å². The van der Waals surface area contributed by atoms with Crippen molar-refractivity contribution in [1.29, 1.82) is 0 Å². The fourth-order valence-corrected chi connectivity index (χ4v) is 6.14. The zero-order valence-electron chi connectivity index (χ0n) is 23.8. The minimum atomic E-state index is -0.421. The Morgan fingerprint density at radius 1 is 1.07 bits per heavy atom. The number of carbonyl (C=O) groups is 1. The molecule has 0 spiro atoms. The van der Waals surface area contributed by atoms with Crippen LogP contribution in [0.25, 0.3) is 22.0 Å². The van der Waals surface area contributed by atoms with Gasteiger partial charge in [0.15, 0.2) is 0 Å². The van der Waals surface area contributed by atoms with E-state index in [1.807, 2.05) is 26.1 Å². The van der Waals surface area contributed by atoms with E-state index in [2.05, 4.69) is 63.7 Å². The molecule has 1 aliphatic heterocycles. The summed E-state index contributed by atoms with van der Waals surface area (Å²) in [5, 5.41) is 0.921. The van der Waals surface area contributed by atoms with Gasteiger partial charge in [0.05, 0.1) is 0 Å². The number of primary amides is 1. The maximum Gasteiger partial charge on any atom is 0.252 e. The van der Waals surface area contributed by atoms with E-state index in [-0.39, 0.29) is 11.6 Å². The highest BCUT2D eigenvalue weighted by molar-refractivity contribution is 6.09. The van der Waals surface area contributed by atoms with E-state index in [9.17, 15) is 9.59 Å². The Balaban J connectivity index is 1.19. The number of aromatic nitrogens is 3. The normalized spacial score (nSPS) is 16.3. The van der Waals surface area contributed by atoms with Crippen LogP contribution in [0.3, 0.4) is 0 Å². The van der Waals surface area contributed by atoms with Crippen molar-refractivity contribution >= 4 is 22.6 Å². The Kier molecular flexibility index (Phi) is 6.74. The van der Waals surface area contributed by atoms with Crippen LogP contribution in [-0.4, -0.2) is 51.5 Å². The number of aromatic amines is 1. The Hall–Kier alpha value is -3.91. The van der Waals surface area contributed by atoms with Crippen LogP contribution in [0.4, 0.5) is 5.82 Å². The smallest absolute Gasteiger partial charge is 0.252 e. The molecule has 8 nitrogen and oxygen atoms in total. The van der Waals surface area contributed by atoms with Crippen molar-refractivity contribution in [2.24, 2.45) is 5.73 Å². The topological polar surface area (TPSA) is 100 Å². The van der Waals surface area contributed by atoms with Gasteiger partial charge in [-0.25, -0.2) is 4.98 Å². The van der Waals surface area contributed by atoms with E-state index < -0.39 is 5.91 Å². The molecule has 0 atom stereocenters. The lowest BCUT2D eigenvalue weighted by Gasteiger charge is -2.35. The lowest BCUT2D eigenvalue weighted by Crippen LogP contribution is -2.47. The number of H-pyrrole nitrogens is 1. The Morgan fingerprint density at radius 2 is 1.82 bits per heavy atom. The fourth-order valence-electron chi connectivity index (χ4n) is 6.14. The molecule has 1 aliphatic carbocycles. The molecule has 1 saturated carbocycles. The van der Waals surface area contributed by atoms with E-state index in [0.717, 1.165) is 70.8 Å². The molecule has 0 radical (unpaired) electrons. The molecule has 208 valence electrons. The number of nitrogens with two attached hydrogens (primary N) is 1. The summed E-state index contributed by atoms with van der Waals surface area (Å²) in [6, 6.07) is 10.6. The number of aryl methyl sites for hydroxylation is 2. The molecule has 40 heavy (non-hydrogen) atoms. The first-order valence-corrected chi connectivity index (χ1v) is 14.3. The van der Waals surface area contributed by atoms with Gasteiger partial charge in [0, 0.05) is 84.4 Å². The lowest BCUT2D eigenvalue weighted by atomic mass is 9.99. The van der Waals surface area contributed by atoms with Crippen LogP contribution in [-0.2, 0) is 6.54 Å². The Labute approximate surface area is 234 Å². The second kappa shape index (κ2) is 10.2. The van der Waals surface area contributed by atoms with Gasteiger partial charge in [-0.05, 0) is 93.5 Å². The summed E-state index contributed by atoms with van der Waals surface area (Å²) in [6.45, 7) is 12.4. The van der Waals surface area contributed by atoms with Crippen LogP contribution in [0.15, 0.2) is 47.5 Å². The van der Waals surface area contributed by atoms with Crippen molar-refractivity contribution in [2.45, 2.75) is 59.0 Å². The van der Waals surface area contributed by atoms with Crippen molar-refractivity contribution in [3.63, 3.8) is 0 Å². The Bertz CT molecular complexity index is 1640. The van der Waals surface area contributed by atoms with Gasteiger partial charge < -0.3 is 20.2 Å². The molecule has 6 rings (SSSR count). The largest absolute Gasteiger partial charge is 0.366 e. The van der Waals surface area contributed by atoms with E-state index in [4.69, 9.17) is 10.7 Å². The maximum atomic E-state index is 12.8. The molecule has 2 aliphatic rings. The van der Waals surface area contributed by atoms with Gasteiger partial charge in [-0.1, -0.05) is 0 Å². The van der Waals surface area contributed by atoms with Gasteiger partial charge in [-0.2, -0.15) is 0 Å². The minimum Gasteiger partial charge on any atom is -0.366 e. The number of hydrogen-bond acceptors (Lipinski definition) is 5. The van der Waals surface area contributed by atoms with Gasteiger partial charge >= 0.3 is 0 Å². The number of piperazine rings is 1. The highest BCUT2D eigenvalue weighted by Gasteiger charge is 2.29. The van der Waals surface area contributed by atoms with E-state index in [1.54, 1.807) is 0 Å². The molecule has 8 heteroatoms. The number of pyridine rings is 2. The average Bonchev–Trinajstić information content (AvgIpc) is 3.73. The summed E-state index contributed by atoms with van der Waals surface area (Å²) in [6.07, 6.45) is 6.35. The third kappa shape index (κ3) is 4.92. The summed E-state index contributed by atoms with van der Waals surface area (Å²) < 4.78 is 2.19. The highest BCUT2D eigenvalue weighted by Crippen LogP contribution is 2.41. The molecule has 0 unspecified atom stereocenters. The number of nitrogens with zero attached hydrogens (tertiary/aromatic N) is 4. The van der Waals surface area contributed by atoms with Gasteiger partial charge in [0.2, 0.25) is 5.91 Å². The van der Waals surface area contributed by atoms with Gasteiger partial charge in [0.1, 0.15) is 5.82 Å². The second-order valence-electron chi connectivity index (χ2n) is 11.8. The number of anilines is 1. The third-order valence-corrected chi connectivity index (χ3v) is 8.43. The maximum absolute atomic E-state index is 12.8. The van der Waals surface area contributed by atoms with Crippen LogP contribution < -0.4 is 16.2 Å². The molecular formula is C32H38N6O2. The van der Waals surface area contributed by atoms with Crippen LogP contribution in [0.5, 0.6) is 0 Å². The molecule has 0 bridgehead atoms. The number of nitrogens with one attached hydrogen (secondary N) is 1. The summed E-state index contributed by atoms with van der Waals surface area (Å²) in [5.41, 5.74) is 13.5. The summed E-state index contributed by atoms with van der Waals surface area (Å²) in [5.74, 6) is 1.07. The molecule has 4 heterocycles. The third-order valence-electron chi connectivity index (χ3n) is 8.43. The summed E-state index contributed by atoms with van der Waals surface area (Å²) in [7, 11) is 0. The number of hydrogen-bond donors (Lipinski definition) is 2. The summed E-state index contributed by atoms with van der Waals surface area (Å²) in [4.78, 5) is 37.6. The first-order valence-electron chi connectivity index (χ1n) is 14.3. The number of benzene rings is 1. The van der Waals surface area contributed by atoms with Crippen molar-refractivity contribution in [3.8, 4) is 11.1 Å². The highest BCUT2D eigenvalue weighted by atomic mass is 16.1. The number of rotatable bonds is 7. The number of carbonyl (C=O) groups excluding carboxylic acids is 1. The quantitative estimate of drug-likeness (QED) is 0.349. The fraction of sp³-hybridized carbons (Fsp3) is 0.406. The second-order valence-corrected chi connectivity index (χ2v) is 11.8. The molecular weight excluding hydrogens is 500 g/mol. The first kappa shape index (κ1) is 26.3. The average molecular weight is 539 g/mol. The predicted octanol–water partition coefficient (Wildman–Crippen LogP) is 4.89. The molecule has 1 saturated heterocycles. The standard InChI is InChI=1S/C32H38N6O2/c1-19(2)38-17-20(3)30-26(31(33)39)14-24(15-28(30)38)23-7-8-29(34-16-23)37-11-9-36(10-12-37)18-27-25(22-5-6-22)13-21(4)35-32(27)40/h7-8,13-17,19,22H,5-6,9-12,18H2,1-4H3,(H2,33,39)(H,35,40). The molecule has 3 aromatic heterocycles. The molecule has 1 aromatic carbocycles. The SMILES string of the molecule is Cc1cc(C2CC2)c(CN2CCN(c3ccc(-c4cc(C(N)=O)c5c(C)cn(C(C)C)c5c4)cn3)CC2)c(=O)[nH]1. The van der Waals surface area contributed by atoms with Crippen LogP contribution in [0.2, 0.25) is 0 Å². The molecule has 4 aromatic rings. The zero-order valence-corrected chi connectivity index (χ0v) is 23.8. The van der Waals surface area contributed by atoms with Gasteiger partial charge in [0.25, 0.3) is 5.56 Å². The van der Waals surface area contributed by atoms with Gasteiger partial charge in [-0.3, -0.25) is 14.5 Å². The Morgan fingerprint density at radius 3 is 2.45 bits per heavy atom. The molecule has 1 amide bonds. The van der Waals surface area contributed by atoms with Crippen molar-refractivity contribution < 1.29 is 4.79 Å². The van der Waals surface area contributed by atoms with Crippen LogP contribution in [0, 0.1) is 13.8 Å². The number of amides is 1. The lowest BCUT2D eigenvalue weighted by molar-refractivity contribution is 0.100. The van der Waals surface area contributed by atoms with Crippen LogP contribution in [0.1, 0.15) is 71.4 Å². The summed E-state index contributed by atoms with van der Waals surface area (Å²) >= 11 is 0. The zero-order chi connectivity index (χ0) is 28.1. The first-order chi connectivity index (χ1) is 19.2. The van der Waals surface area contributed by atoms with Crippen molar-refractivity contribution in [1.82, 2.24) is 19.4 Å². The van der Waals surface area contributed by atoms with Gasteiger partial charge in [-0.15, -0.1) is 0 Å². The minimum absolute atomic E-state index is 0.0649. The van der Waals surface area contributed by atoms with E-state index in [0.29, 0.717) is 18.0 Å². The van der Waals surface area contributed by atoms with E-state index >= 15 is 0 Å². The molecule has 3 N–H and O–H groups in total. The number of fused-ring (bicyclic) bond motifs is 1. The monoisotopic (exact) mass is 538 g/mol. The molecule has 2 fully saturated rings.